The lowest BCUT2D eigenvalue weighted by molar-refractivity contribution is -0.384. The van der Waals surface area contributed by atoms with Crippen LogP contribution in [0.15, 0.2) is 45.8 Å². The first kappa shape index (κ1) is 18.3. The summed E-state index contributed by atoms with van der Waals surface area (Å²) in [5.74, 6) is -0.179. The lowest BCUT2D eigenvalue weighted by atomic mass is 10.1. The van der Waals surface area contributed by atoms with E-state index < -0.39 is 14.9 Å². The van der Waals surface area contributed by atoms with Gasteiger partial charge in [0.1, 0.15) is 0 Å². The molecule has 26 heavy (non-hydrogen) atoms. The van der Waals surface area contributed by atoms with Crippen LogP contribution < -0.4 is 9.62 Å². The maximum atomic E-state index is 12.7. The van der Waals surface area contributed by atoms with E-state index >= 15 is 0 Å². The van der Waals surface area contributed by atoms with Crippen molar-refractivity contribution in [1.29, 1.82) is 0 Å². The van der Waals surface area contributed by atoms with E-state index in [4.69, 9.17) is 0 Å². The average molecular weight is 440 g/mol. The highest BCUT2D eigenvalue weighted by atomic mass is 79.9. The van der Waals surface area contributed by atoms with Crippen molar-refractivity contribution in [2.75, 3.05) is 16.2 Å². The minimum Gasteiger partial charge on any atom is -0.310 e. The van der Waals surface area contributed by atoms with E-state index in [-0.39, 0.29) is 22.2 Å². The molecule has 1 aliphatic rings. The van der Waals surface area contributed by atoms with Gasteiger partial charge in [-0.05, 0) is 36.2 Å². The zero-order chi connectivity index (χ0) is 19.1. The van der Waals surface area contributed by atoms with E-state index in [0.29, 0.717) is 23.1 Å². The van der Waals surface area contributed by atoms with E-state index in [0.717, 1.165) is 17.7 Å². The fraction of sp³-hybridized carbons (Fsp3) is 0.188. The van der Waals surface area contributed by atoms with Crippen LogP contribution in [0, 0.1) is 10.1 Å². The molecule has 0 saturated carbocycles. The molecule has 2 aromatic carbocycles. The number of nitro groups is 1. The zero-order valence-corrected chi connectivity index (χ0v) is 16.0. The highest BCUT2D eigenvalue weighted by Crippen LogP contribution is 2.39. The normalized spacial score (nSPS) is 13.4. The number of fused-ring (bicyclic) bond motifs is 1. The smallest absolute Gasteiger partial charge is 0.269 e. The van der Waals surface area contributed by atoms with Crippen molar-refractivity contribution in [2.24, 2.45) is 0 Å². The number of hydrogen-bond donors (Lipinski definition) is 1. The number of carbonyl (C=O) groups is 1. The Labute approximate surface area is 158 Å². The molecule has 0 fully saturated rings. The summed E-state index contributed by atoms with van der Waals surface area (Å²) in [7, 11) is -3.97. The van der Waals surface area contributed by atoms with E-state index in [9.17, 15) is 23.3 Å². The van der Waals surface area contributed by atoms with Crippen molar-refractivity contribution in [2.45, 2.75) is 18.2 Å². The van der Waals surface area contributed by atoms with Gasteiger partial charge in [0, 0.05) is 30.1 Å². The summed E-state index contributed by atoms with van der Waals surface area (Å²) in [6.45, 7) is 1.90. The van der Waals surface area contributed by atoms with Gasteiger partial charge < -0.3 is 4.90 Å². The number of halogens is 1. The topological polar surface area (TPSA) is 110 Å². The molecule has 0 unspecified atom stereocenters. The summed E-state index contributed by atoms with van der Waals surface area (Å²) in [5, 5.41) is 10.7. The highest BCUT2D eigenvalue weighted by Gasteiger charge is 2.28. The largest absolute Gasteiger partial charge is 0.310 e. The van der Waals surface area contributed by atoms with E-state index in [1.165, 1.54) is 24.0 Å². The van der Waals surface area contributed by atoms with Crippen molar-refractivity contribution >= 4 is 48.9 Å². The second-order valence-corrected chi connectivity index (χ2v) is 8.34. The Morgan fingerprint density at radius 2 is 1.92 bits per heavy atom. The molecule has 8 nitrogen and oxygen atoms in total. The van der Waals surface area contributed by atoms with Gasteiger partial charge in [0.05, 0.1) is 21.2 Å². The van der Waals surface area contributed by atoms with Gasteiger partial charge in [-0.25, -0.2) is 8.42 Å². The third kappa shape index (κ3) is 3.42. The number of rotatable bonds is 4. The van der Waals surface area contributed by atoms with Crippen molar-refractivity contribution < 1.29 is 18.1 Å². The molecular weight excluding hydrogens is 426 g/mol. The number of hydrogen-bond acceptors (Lipinski definition) is 5. The Kier molecular flexibility index (Phi) is 4.72. The molecule has 0 radical (unpaired) electrons. The van der Waals surface area contributed by atoms with Crippen LogP contribution in [0.5, 0.6) is 0 Å². The maximum Gasteiger partial charge on any atom is 0.269 e. The molecule has 0 saturated heterocycles. The van der Waals surface area contributed by atoms with Crippen LogP contribution in [0.1, 0.15) is 12.5 Å². The summed E-state index contributed by atoms with van der Waals surface area (Å²) < 4.78 is 28.5. The van der Waals surface area contributed by atoms with Gasteiger partial charge >= 0.3 is 0 Å². The predicted octanol–water partition coefficient (Wildman–Crippen LogP) is 3.07. The minimum absolute atomic E-state index is 0.107. The first-order chi connectivity index (χ1) is 12.2. The molecule has 136 valence electrons. The van der Waals surface area contributed by atoms with Crippen molar-refractivity contribution in [3.63, 3.8) is 0 Å². The summed E-state index contributed by atoms with van der Waals surface area (Å²) in [5.41, 5.74) is 1.47. The molecule has 0 aliphatic carbocycles. The molecule has 1 heterocycles. The first-order valence-corrected chi connectivity index (χ1v) is 9.84. The molecule has 1 amide bonds. The predicted molar refractivity (Wildman–Crippen MR) is 99.8 cm³/mol. The lowest BCUT2D eigenvalue weighted by Gasteiger charge is -2.20. The van der Waals surface area contributed by atoms with Gasteiger partial charge in [0.15, 0.2) is 0 Å². The van der Waals surface area contributed by atoms with Crippen molar-refractivity contribution in [3.8, 4) is 0 Å². The molecule has 0 atom stereocenters. The number of nitrogens with zero attached hydrogens (tertiary/aromatic N) is 2. The lowest BCUT2D eigenvalue weighted by Crippen LogP contribution is -2.27. The van der Waals surface area contributed by atoms with Crippen LogP contribution in [0.4, 0.5) is 17.1 Å². The SMILES string of the molecule is CC(=O)N1CCc2cc(Br)cc(NS(=O)(=O)c3ccc([N+](=O)[O-])cc3)c21. The summed E-state index contributed by atoms with van der Waals surface area (Å²) in [6, 6.07) is 8.03. The van der Waals surface area contributed by atoms with Gasteiger partial charge in [0.2, 0.25) is 5.91 Å². The fourth-order valence-corrected chi connectivity index (χ4v) is 4.42. The van der Waals surface area contributed by atoms with Gasteiger partial charge in [-0.1, -0.05) is 15.9 Å². The van der Waals surface area contributed by atoms with Crippen LogP contribution >= 0.6 is 15.9 Å². The molecular formula is C16H14BrN3O5S. The Balaban J connectivity index is 2.00. The molecule has 3 rings (SSSR count). The third-order valence-corrected chi connectivity index (χ3v) is 5.85. The Bertz CT molecular complexity index is 1010. The molecule has 2 aromatic rings. The molecule has 0 aromatic heterocycles. The van der Waals surface area contributed by atoms with Crippen molar-refractivity contribution in [1.82, 2.24) is 0 Å². The number of benzene rings is 2. The number of anilines is 2. The zero-order valence-electron chi connectivity index (χ0n) is 13.6. The molecule has 10 heteroatoms. The van der Waals surface area contributed by atoms with Crippen molar-refractivity contribution in [3.05, 3.63) is 56.5 Å². The van der Waals surface area contributed by atoms with Crippen LogP contribution in [-0.4, -0.2) is 25.8 Å². The Hall–Kier alpha value is -2.46. The fourth-order valence-electron chi connectivity index (χ4n) is 2.85. The van der Waals surface area contributed by atoms with Gasteiger partial charge in [-0.3, -0.25) is 19.6 Å². The number of nitro benzene ring substituents is 1. The molecule has 0 bridgehead atoms. The number of non-ortho nitro benzene ring substituents is 1. The standard InChI is InChI=1S/C16H14BrN3O5S/c1-10(21)19-7-6-11-8-12(17)9-15(16(11)19)18-26(24,25)14-4-2-13(3-5-14)20(22)23/h2-5,8-9,18H,6-7H2,1H3. The monoisotopic (exact) mass is 439 g/mol. The molecule has 1 N–H and O–H groups in total. The average Bonchev–Trinajstić information content (AvgIpc) is 2.98. The summed E-state index contributed by atoms with van der Waals surface area (Å²) in [4.78, 5) is 23.4. The van der Waals surface area contributed by atoms with Crippen LogP contribution in [0.3, 0.4) is 0 Å². The number of amides is 1. The number of sulfonamides is 1. The Morgan fingerprint density at radius 3 is 2.50 bits per heavy atom. The second-order valence-electron chi connectivity index (χ2n) is 5.74. The Morgan fingerprint density at radius 1 is 1.27 bits per heavy atom. The van der Waals surface area contributed by atoms with Gasteiger partial charge in [0.25, 0.3) is 15.7 Å². The van der Waals surface area contributed by atoms with Crippen LogP contribution in [0.2, 0.25) is 0 Å². The summed E-state index contributed by atoms with van der Waals surface area (Å²) in [6.07, 6.45) is 0.626. The maximum absolute atomic E-state index is 12.7. The van der Waals surface area contributed by atoms with Crippen LogP contribution in [0.25, 0.3) is 0 Å². The molecule has 0 spiro atoms. The minimum atomic E-state index is -3.97. The van der Waals surface area contributed by atoms with Gasteiger partial charge in [-0.15, -0.1) is 0 Å². The van der Waals surface area contributed by atoms with E-state index in [2.05, 4.69) is 20.7 Å². The third-order valence-electron chi connectivity index (χ3n) is 4.01. The first-order valence-electron chi connectivity index (χ1n) is 7.57. The summed E-state index contributed by atoms with van der Waals surface area (Å²) >= 11 is 3.35. The van der Waals surface area contributed by atoms with Crippen LogP contribution in [-0.2, 0) is 21.2 Å². The second kappa shape index (κ2) is 6.69. The van der Waals surface area contributed by atoms with Gasteiger partial charge in [-0.2, -0.15) is 0 Å². The van der Waals surface area contributed by atoms with E-state index in [1.807, 2.05) is 6.07 Å². The molecule has 1 aliphatic heterocycles. The number of nitrogens with one attached hydrogen (secondary N) is 1. The number of carbonyl (C=O) groups excluding carboxylic acids is 1. The van der Waals surface area contributed by atoms with E-state index in [1.54, 1.807) is 6.07 Å². The highest BCUT2D eigenvalue weighted by molar-refractivity contribution is 9.10. The quantitative estimate of drug-likeness (QED) is 0.581.